The number of ether oxygens (including phenoxy) is 2. The van der Waals surface area contributed by atoms with Crippen LogP contribution in [-0.4, -0.2) is 31.6 Å². The van der Waals surface area contributed by atoms with Gasteiger partial charge in [0, 0.05) is 5.69 Å². The number of esters is 1. The third kappa shape index (κ3) is 5.43. The highest BCUT2D eigenvalue weighted by Gasteiger charge is 2.19. The SMILES string of the molecule is CC[C@H](C)[C@H](N)C(=O)Nc1ccc(OCC(=O)OC)cc1. The summed E-state index contributed by atoms with van der Waals surface area (Å²) in [7, 11) is 1.30. The van der Waals surface area contributed by atoms with Crippen molar-refractivity contribution >= 4 is 17.6 Å². The molecule has 0 aliphatic rings. The average molecular weight is 294 g/mol. The standard InChI is InChI=1S/C15H22N2O4/c1-4-10(2)14(16)15(19)17-11-5-7-12(8-6-11)21-9-13(18)20-3/h5-8,10,14H,4,9,16H2,1-3H3,(H,17,19)/t10-,14-/m0/s1. The third-order valence-corrected chi connectivity index (χ3v) is 3.27. The van der Waals surface area contributed by atoms with Gasteiger partial charge in [-0.3, -0.25) is 4.79 Å². The number of nitrogens with two attached hydrogens (primary N) is 1. The van der Waals surface area contributed by atoms with Crippen molar-refractivity contribution in [2.75, 3.05) is 19.0 Å². The van der Waals surface area contributed by atoms with Crippen LogP contribution in [0.4, 0.5) is 5.69 Å². The van der Waals surface area contributed by atoms with Gasteiger partial charge in [0.05, 0.1) is 13.2 Å². The molecular weight excluding hydrogens is 272 g/mol. The van der Waals surface area contributed by atoms with E-state index in [1.54, 1.807) is 24.3 Å². The Morgan fingerprint density at radius 1 is 1.29 bits per heavy atom. The van der Waals surface area contributed by atoms with E-state index in [-0.39, 0.29) is 18.4 Å². The first-order valence-electron chi connectivity index (χ1n) is 6.84. The summed E-state index contributed by atoms with van der Waals surface area (Å²) in [6.45, 7) is 3.78. The lowest BCUT2D eigenvalue weighted by Gasteiger charge is -2.17. The Bertz CT molecular complexity index is 473. The minimum absolute atomic E-state index is 0.118. The fourth-order valence-corrected chi connectivity index (χ4v) is 1.57. The van der Waals surface area contributed by atoms with E-state index in [1.165, 1.54) is 7.11 Å². The predicted molar refractivity (Wildman–Crippen MR) is 80.0 cm³/mol. The highest BCUT2D eigenvalue weighted by Crippen LogP contribution is 2.16. The molecule has 0 fully saturated rings. The van der Waals surface area contributed by atoms with Gasteiger partial charge in [-0.25, -0.2) is 4.79 Å². The van der Waals surface area contributed by atoms with E-state index in [0.717, 1.165) is 6.42 Å². The van der Waals surface area contributed by atoms with Crippen molar-refractivity contribution in [1.29, 1.82) is 0 Å². The summed E-state index contributed by atoms with van der Waals surface area (Å²) in [5, 5.41) is 2.75. The second-order valence-corrected chi connectivity index (χ2v) is 4.79. The molecular formula is C15H22N2O4. The monoisotopic (exact) mass is 294 g/mol. The van der Waals surface area contributed by atoms with Crippen LogP contribution in [0.1, 0.15) is 20.3 Å². The van der Waals surface area contributed by atoms with Gasteiger partial charge >= 0.3 is 5.97 Å². The van der Waals surface area contributed by atoms with Gasteiger partial charge in [0.15, 0.2) is 6.61 Å². The highest BCUT2D eigenvalue weighted by atomic mass is 16.6. The molecule has 0 unspecified atom stereocenters. The average Bonchev–Trinajstić information content (AvgIpc) is 2.52. The predicted octanol–water partition coefficient (Wildman–Crippen LogP) is 1.55. The van der Waals surface area contributed by atoms with Crippen LogP contribution in [0.25, 0.3) is 0 Å². The maximum absolute atomic E-state index is 11.9. The van der Waals surface area contributed by atoms with Gasteiger partial charge in [-0.2, -0.15) is 0 Å². The van der Waals surface area contributed by atoms with Crippen molar-refractivity contribution in [2.45, 2.75) is 26.3 Å². The Hall–Kier alpha value is -2.08. The molecule has 21 heavy (non-hydrogen) atoms. The number of anilines is 1. The molecule has 0 aliphatic carbocycles. The van der Waals surface area contributed by atoms with Gasteiger partial charge in [-0.05, 0) is 30.2 Å². The first-order valence-corrected chi connectivity index (χ1v) is 6.84. The fraction of sp³-hybridized carbons (Fsp3) is 0.467. The molecule has 1 amide bonds. The molecule has 0 radical (unpaired) electrons. The van der Waals surface area contributed by atoms with Gasteiger partial charge in [-0.1, -0.05) is 20.3 Å². The van der Waals surface area contributed by atoms with Crippen molar-refractivity contribution in [3.63, 3.8) is 0 Å². The molecule has 116 valence electrons. The van der Waals surface area contributed by atoms with Crippen molar-refractivity contribution in [2.24, 2.45) is 11.7 Å². The summed E-state index contributed by atoms with van der Waals surface area (Å²) >= 11 is 0. The molecule has 0 saturated carbocycles. The Morgan fingerprint density at radius 3 is 2.43 bits per heavy atom. The molecule has 6 nitrogen and oxygen atoms in total. The van der Waals surface area contributed by atoms with E-state index >= 15 is 0 Å². The van der Waals surface area contributed by atoms with Crippen LogP contribution >= 0.6 is 0 Å². The molecule has 0 saturated heterocycles. The highest BCUT2D eigenvalue weighted by molar-refractivity contribution is 5.94. The first kappa shape index (κ1) is 17.0. The van der Waals surface area contributed by atoms with Crippen molar-refractivity contribution in [3.8, 4) is 5.75 Å². The minimum Gasteiger partial charge on any atom is -0.482 e. The largest absolute Gasteiger partial charge is 0.482 e. The van der Waals surface area contributed by atoms with Crippen LogP contribution < -0.4 is 15.8 Å². The molecule has 2 atom stereocenters. The normalized spacial score (nSPS) is 13.1. The molecule has 3 N–H and O–H groups in total. The minimum atomic E-state index is -0.537. The quantitative estimate of drug-likeness (QED) is 0.745. The lowest BCUT2D eigenvalue weighted by Crippen LogP contribution is -2.40. The Balaban J connectivity index is 2.54. The number of carbonyl (C=O) groups is 2. The zero-order chi connectivity index (χ0) is 15.8. The third-order valence-electron chi connectivity index (χ3n) is 3.27. The van der Waals surface area contributed by atoms with Crippen LogP contribution in [0.2, 0.25) is 0 Å². The fourth-order valence-electron chi connectivity index (χ4n) is 1.57. The maximum Gasteiger partial charge on any atom is 0.343 e. The molecule has 1 rings (SSSR count). The summed E-state index contributed by atoms with van der Waals surface area (Å²) in [4.78, 5) is 22.9. The molecule has 6 heteroatoms. The van der Waals surface area contributed by atoms with Gasteiger partial charge in [0.1, 0.15) is 5.75 Å². The number of methoxy groups -OCH3 is 1. The molecule has 1 aromatic rings. The zero-order valence-electron chi connectivity index (χ0n) is 12.6. The van der Waals surface area contributed by atoms with Crippen LogP contribution in [0.15, 0.2) is 24.3 Å². The number of rotatable bonds is 7. The van der Waals surface area contributed by atoms with E-state index in [1.807, 2.05) is 13.8 Å². The Kier molecular flexibility index (Phi) is 6.68. The van der Waals surface area contributed by atoms with E-state index in [4.69, 9.17) is 10.5 Å². The topological polar surface area (TPSA) is 90.7 Å². The van der Waals surface area contributed by atoms with E-state index in [2.05, 4.69) is 10.1 Å². The maximum atomic E-state index is 11.9. The van der Waals surface area contributed by atoms with Crippen molar-refractivity contribution < 1.29 is 19.1 Å². The molecule has 1 aromatic carbocycles. The Labute approximate surface area is 124 Å². The van der Waals surface area contributed by atoms with Gasteiger partial charge < -0.3 is 20.5 Å². The smallest absolute Gasteiger partial charge is 0.343 e. The summed E-state index contributed by atoms with van der Waals surface area (Å²) in [6.07, 6.45) is 0.842. The Morgan fingerprint density at radius 2 is 1.90 bits per heavy atom. The van der Waals surface area contributed by atoms with Crippen molar-refractivity contribution in [3.05, 3.63) is 24.3 Å². The molecule has 0 spiro atoms. The number of carbonyl (C=O) groups excluding carboxylic acids is 2. The first-order chi connectivity index (χ1) is 9.97. The zero-order valence-corrected chi connectivity index (χ0v) is 12.6. The number of nitrogens with one attached hydrogen (secondary N) is 1. The number of benzene rings is 1. The molecule has 0 heterocycles. The van der Waals surface area contributed by atoms with Crippen LogP contribution in [-0.2, 0) is 14.3 Å². The van der Waals surface area contributed by atoms with Gasteiger partial charge in [-0.15, -0.1) is 0 Å². The number of hydrogen-bond acceptors (Lipinski definition) is 5. The number of amides is 1. The van der Waals surface area contributed by atoms with E-state index in [0.29, 0.717) is 11.4 Å². The summed E-state index contributed by atoms with van der Waals surface area (Å²) in [6, 6.07) is 6.16. The van der Waals surface area contributed by atoms with Crippen LogP contribution in [0, 0.1) is 5.92 Å². The second-order valence-electron chi connectivity index (χ2n) is 4.79. The molecule has 0 aromatic heterocycles. The van der Waals surface area contributed by atoms with Gasteiger partial charge in [0.25, 0.3) is 0 Å². The van der Waals surface area contributed by atoms with Crippen LogP contribution in [0.3, 0.4) is 0 Å². The summed E-state index contributed by atoms with van der Waals surface area (Å²) in [5.74, 6) is -0.0308. The molecule has 0 bridgehead atoms. The lowest BCUT2D eigenvalue weighted by molar-refractivity contribution is -0.142. The van der Waals surface area contributed by atoms with Crippen molar-refractivity contribution in [1.82, 2.24) is 0 Å². The lowest BCUT2D eigenvalue weighted by atomic mass is 9.99. The number of hydrogen-bond donors (Lipinski definition) is 2. The summed E-state index contributed by atoms with van der Waals surface area (Å²) in [5.41, 5.74) is 6.49. The van der Waals surface area contributed by atoms with Crippen LogP contribution in [0.5, 0.6) is 5.75 Å². The molecule has 0 aliphatic heterocycles. The summed E-state index contributed by atoms with van der Waals surface area (Å²) < 4.78 is 9.68. The van der Waals surface area contributed by atoms with E-state index in [9.17, 15) is 9.59 Å². The second kappa shape index (κ2) is 8.26. The van der Waals surface area contributed by atoms with E-state index < -0.39 is 12.0 Å². The van der Waals surface area contributed by atoms with Gasteiger partial charge in [0.2, 0.25) is 5.91 Å².